The lowest BCUT2D eigenvalue weighted by atomic mass is 9.80. The third-order valence-corrected chi connectivity index (χ3v) is 5.00. The highest BCUT2D eigenvalue weighted by molar-refractivity contribution is 8.01. The number of rotatable bonds is 3. The van der Waals surface area contributed by atoms with Crippen molar-refractivity contribution in [2.24, 2.45) is 11.1 Å². The Morgan fingerprint density at radius 3 is 2.88 bits per heavy atom. The molecule has 0 aromatic carbocycles. The molecule has 1 unspecified atom stereocenters. The van der Waals surface area contributed by atoms with Gasteiger partial charge >= 0.3 is 0 Å². The number of nitrogens with two attached hydrogens (primary N) is 1. The lowest BCUT2D eigenvalue weighted by Crippen LogP contribution is -2.52. The molecule has 4 nitrogen and oxygen atoms in total. The van der Waals surface area contributed by atoms with E-state index < -0.39 is 4.87 Å². The molecule has 1 fully saturated rings. The van der Waals surface area contributed by atoms with Crippen LogP contribution >= 0.6 is 11.8 Å². The van der Waals surface area contributed by atoms with Crippen LogP contribution < -0.4 is 11.1 Å². The minimum Gasteiger partial charge on any atom is -0.336 e. The molecule has 1 aliphatic rings. The van der Waals surface area contributed by atoms with E-state index in [4.69, 9.17) is 5.73 Å². The minimum absolute atomic E-state index is 0.0559. The Labute approximate surface area is 105 Å². The Hall–Kier alpha value is -1.07. The average Bonchev–Trinajstić information content (AvgIpc) is 2.74. The first kappa shape index (κ1) is 12.4. The maximum Gasteiger partial charge on any atom is 0.231 e. The normalized spacial score (nSPS) is 24.8. The second kappa shape index (κ2) is 4.31. The van der Waals surface area contributed by atoms with E-state index in [0.29, 0.717) is 12.3 Å². The number of amides is 1. The van der Waals surface area contributed by atoms with Crippen LogP contribution in [0.1, 0.15) is 19.4 Å². The van der Waals surface area contributed by atoms with E-state index in [1.807, 2.05) is 12.1 Å². The molecule has 17 heavy (non-hydrogen) atoms. The molecule has 1 atom stereocenters. The summed E-state index contributed by atoms with van der Waals surface area (Å²) in [5, 5.41) is 3.08. The van der Waals surface area contributed by atoms with Gasteiger partial charge in [0.05, 0.1) is 5.75 Å². The highest BCUT2D eigenvalue weighted by atomic mass is 32.2. The molecule has 1 aromatic heterocycles. The van der Waals surface area contributed by atoms with Gasteiger partial charge in [-0.3, -0.25) is 9.78 Å². The van der Waals surface area contributed by atoms with Crippen LogP contribution in [0.2, 0.25) is 0 Å². The Morgan fingerprint density at radius 1 is 1.65 bits per heavy atom. The summed E-state index contributed by atoms with van der Waals surface area (Å²) >= 11 is 1.60. The second-order valence-electron chi connectivity index (χ2n) is 4.85. The van der Waals surface area contributed by atoms with Crippen molar-refractivity contribution < 1.29 is 4.79 Å². The van der Waals surface area contributed by atoms with E-state index in [1.54, 1.807) is 24.2 Å². The first-order chi connectivity index (χ1) is 8.02. The maximum absolute atomic E-state index is 11.6. The zero-order valence-electron chi connectivity index (χ0n) is 10.1. The monoisotopic (exact) mass is 251 g/mol. The highest BCUT2D eigenvalue weighted by Gasteiger charge is 2.51. The third kappa shape index (κ3) is 1.93. The van der Waals surface area contributed by atoms with Gasteiger partial charge in [0.25, 0.3) is 0 Å². The number of hydrogen-bond donors (Lipinski definition) is 2. The van der Waals surface area contributed by atoms with Gasteiger partial charge in [-0.1, -0.05) is 19.9 Å². The number of hydrogen-bond acceptors (Lipinski definition) is 4. The molecule has 92 valence electrons. The number of thioether (sulfide) groups is 1. The van der Waals surface area contributed by atoms with Crippen LogP contribution in [0.15, 0.2) is 24.5 Å². The van der Waals surface area contributed by atoms with Gasteiger partial charge in [0, 0.05) is 29.9 Å². The molecule has 1 amide bonds. The van der Waals surface area contributed by atoms with E-state index in [0.717, 1.165) is 5.56 Å². The van der Waals surface area contributed by atoms with Crippen molar-refractivity contribution >= 4 is 17.7 Å². The fraction of sp³-hybridized carbons (Fsp3) is 0.500. The Bertz CT molecular complexity index is 421. The first-order valence-corrected chi connectivity index (χ1v) is 6.56. The largest absolute Gasteiger partial charge is 0.336 e. The molecule has 2 rings (SSSR count). The summed E-state index contributed by atoms with van der Waals surface area (Å²) in [6.07, 6.45) is 3.53. The van der Waals surface area contributed by atoms with E-state index in [-0.39, 0.29) is 11.3 Å². The minimum atomic E-state index is -0.465. The summed E-state index contributed by atoms with van der Waals surface area (Å²) in [5.74, 6) is 0.526. The predicted molar refractivity (Wildman–Crippen MR) is 69.4 cm³/mol. The molecular weight excluding hydrogens is 234 g/mol. The summed E-state index contributed by atoms with van der Waals surface area (Å²) in [4.78, 5) is 15.3. The summed E-state index contributed by atoms with van der Waals surface area (Å²) in [6, 6.07) is 3.87. The van der Waals surface area contributed by atoms with Crippen molar-refractivity contribution in [1.82, 2.24) is 10.3 Å². The molecule has 1 aromatic rings. The number of nitrogens with zero attached hydrogens (tertiary/aromatic N) is 1. The van der Waals surface area contributed by atoms with Gasteiger partial charge in [0.15, 0.2) is 0 Å². The molecular formula is C12H17N3OS. The van der Waals surface area contributed by atoms with E-state index in [9.17, 15) is 4.79 Å². The van der Waals surface area contributed by atoms with Crippen molar-refractivity contribution in [1.29, 1.82) is 0 Å². The van der Waals surface area contributed by atoms with Crippen LogP contribution in [-0.2, 0) is 9.67 Å². The number of carbonyl (C=O) groups excluding carboxylic acids is 1. The molecule has 1 aliphatic heterocycles. The quantitative estimate of drug-likeness (QED) is 0.843. The second-order valence-corrected chi connectivity index (χ2v) is 6.04. The first-order valence-electron chi connectivity index (χ1n) is 5.57. The zero-order chi connectivity index (χ0) is 12.5. The van der Waals surface area contributed by atoms with Crippen LogP contribution in [0.3, 0.4) is 0 Å². The topological polar surface area (TPSA) is 68.0 Å². The number of nitrogens with one attached hydrogen (secondary N) is 1. The molecule has 3 N–H and O–H groups in total. The lowest BCUT2D eigenvalue weighted by molar-refractivity contribution is -0.119. The van der Waals surface area contributed by atoms with Gasteiger partial charge in [-0.15, -0.1) is 11.8 Å². The predicted octanol–water partition coefficient (Wildman–Crippen LogP) is 1.08. The SMILES string of the molecule is CC(C)(CN)C1(c2cccnc2)NC(=O)CS1. The van der Waals surface area contributed by atoms with Gasteiger partial charge in [-0.25, -0.2) is 0 Å². The van der Waals surface area contributed by atoms with E-state index in [1.165, 1.54) is 0 Å². The van der Waals surface area contributed by atoms with E-state index in [2.05, 4.69) is 24.1 Å². The van der Waals surface area contributed by atoms with Crippen LogP contribution in [0.5, 0.6) is 0 Å². The highest BCUT2D eigenvalue weighted by Crippen LogP contribution is 2.50. The van der Waals surface area contributed by atoms with E-state index >= 15 is 0 Å². The zero-order valence-corrected chi connectivity index (χ0v) is 10.9. The number of pyridine rings is 1. The van der Waals surface area contributed by atoms with Crippen molar-refractivity contribution in [3.05, 3.63) is 30.1 Å². The van der Waals surface area contributed by atoms with Gasteiger partial charge in [-0.2, -0.15) is 0 Å². The van der Waals surface area contributed by atoms with Gasteiger partial charge in [0.1, 0.15) is 4.87 Å². The maximum atomic E-state index is 11.6. The summed E-state index contributed by atoms with van der Waals surface area (Å²) in [6.45, 7) is 4.63. The number of carbonyl (C=O) groups is 1. The average molecular weight is 251 g/mol. The Morgan fingerprint density at radius 2 is 2.41 bits per heavy atom. The Kier molecular flexibility index (Phi) is 3.14. The van der Waals surface area contributed by atoms with Crippen LogP contribution in [0.4, 0.5) is 0 Å². The number of aromatic nitrogens is 1. The lowest BCUT2D eigenvalue weighted by Gasteiger charge is -2.42. The fourth-order valence-electron chi connectivity index (χ4n) is 2.07. The van der Waals surface area contributed by atoms with Gasteiger partial charge in [0.2, 0.25) is 5.91 Å². The van der Waals surface area contributed by atoms with Crippen molar-refractivity contribution in [3.63, 3.8) is 0 Å². The standard InChI is InChI=1S/C12H17N3OS/c1-11(2,8-13)12(15-10(16)7-17-12)9-4-3-5-14-6-9/h3-6H,7-8,13H2,1-2H3,(H,15,16). The summed E-state index contributed by atoms with van der Waals surface area (Å²) in [5.41, 5.74) is 6.65. The molecule has 0 radical (unpaired) electrons. The molecule has 5 heteroatoms. The molecule has 1 saturated heterocycles. The van der Waals surface area contributed by atoms with Crippen LogP contribution in [0.25, 0.3) is 0 Å². The Balaban J connectivity index is 2.49. The van der Waals surface area contributed by atoms with Crippen molar-refractivity contribution in [2.45, 2.75) is 18.7 Å². The summed E-state index contributed by atoms with van der Waals surface area (Å²) < 4.78 is 0. The van der Waals surface area contributed by atoms with Crippen molar-refractivity contribution in [2.75, 3.05) is 12.3 Å². The molecule has 0 bridgehead atoms. The third-order valence-electron chi connectivity index (χ3n) is 3.27. The summed E-state index contributed by atoms with van der Waals surface area (Å²) in [7, 11) is 0. The molecule has 0 aliphatic carbocycles. The van der Waals surface area contributed by atoms with Crippen molar-refractivity contribution in [3.8, 4) is 0 Å². The fourth-order valence-corrected chi connectivity index (χ4v) is 3.44. The molecule has 2 heterocycles. The molecule has 0 saturated carbocycles. The van der Waals surface area contributed by atoms with Gasteiger partial charge < -0.3 is 11.1 Å². The van der Waals surface area contributed by atoms with Crippen LogP contribution in [0, 0.1) is 5.41 Å². The molecule has 0 spiro atoms. The van der Waals surface area contributed by atoms with Gasteiger partial charge in [-0.05, 0) is 6.07 Å². The smallest absolute Gasteiger partial charge is 0.231 e. The van der Waals surface area contributed by atoms with Crippen LogP contribution in [-0.4, -0.2) is 23.2 Å².